The number of ether oxygens (including phenoxy) is 1. The summed E-state index contributed by atoms with van der Waals surface area (Å²) in [6.45, 7) is 0. The lowest BCUT2D eigenvalue weighted by Crippen LogP contribution is -2.03. The van der Waals surface area contributed by atoms with Crippen molar-refractivity contribution in [1.82, 2.24) is 0 Å². The third-order valence-corrected chi connectivity index (χ3v) is 3.71. The number of methoxy groups -OCH3 is 1. The van der Waals surface area contributed by atoms with Crippen LogP contribution in [0.15, 0.2) is 51.7 Å². The maximum atomic E-state index is 12.2. The van der Waals surface area contributed by atoms with E-state index < -0.39 is 5.63 Å². The number of hydrogen-bond acceptors (Lipinski definition) is 3. The maximum Gasteiger partial charge on any atom is 0.344 e. The maximum absolute atomic E-state index is 12.2. The van der Waals surface area contributed by atoms with Crippen LogP contribution in [0.1, 0.15) is 0 Å². The molecule has 5 heteroatoms. The highest BCUT2D eigenvalue weighted by Crippen LogP contribution is 2.30. The molecule has 0 aliphatic rings. The number of benzene rings is 2. The topological polar surface area (TPSA) is 39.4 Å². The van der Waals surface area contributed by atoms with Crippen LogP contribution in [-0.4, -0.2) is 7.11 Å². The molecule has 0 bridgehead atoms. The minimum atomic E-state index is -0.458. The Morgan fingerprint density at radius 3 is 2.52 bits per heavy atom. The Morgan fingerprint density at radius 1 is 1.00 bits per heavy atom. The van der Waals surface area contributed by atoms with E-state index in [0.29, 0.717) is 32.5 Å². The Hall–Kier alpha value is -1.97. The van der Waals surface area contributed by atoms with Gasteiger partial charge in [0.2, 0.25) is 0 Å². The summed E-state index contributed by atoms with van der Waals surface area (Å²) in [6, 6.07) is 12.0. The van der Waals surface area contributed by atoms with Gasteiger partial charge in [0.1, 0.15) is 11.3 Å². The molecule has 0 radical (unpaired) electrons. The van der Waals surface area contributed by atoms with Crippen LogP contribution in [0.5, 0.6) is 5.75 Å². The van der Waals surface area contributed by atoms with Gasteiger partial charge < -0.3 is 9.15 Å². The third kappa shape index (κ3) is 2.62. The Bertz CT molecular complexity index is 884. The van der Waals surface area contributed by atoms with Crippen LogP contribution in [0.4, 0.5) is 0 Å². The molecule has 0 aliphatic carbocycles. The van der Waals surface area contributed by atoms with Gasteiger partial charge in [0.05, 0.1) is 17.7 Å². The molecule has 0 saturated carbocycles. The summed E-state index contributed by atoms with van der Waals surface area (Å²) in [5.74, 6) is 0.628. The van der Waals surface area contributed by atoms with E-state index in [4.69, 9.17) is 32.4 Å². The minimum absolute atomic E-state index is 0.398. The van der Waals surface area contributed by atoms with Crippen LogP contribution in [0.25, 0.3) is 22.1 Å². The molecule has 0 unspecified atom stereocenters. The molecule has 2 aromatic carbocycles. The van der Waals surface area contributed by atoms with Crippen molar-refractivity contribution in [2.45, 2.75) is 0 Å². The fraction of sp³-hybridized carbons (Fsp3) is 0.0625. The largest absolute Gasteiger partial charge is 0.497 e. The zero-order valence-corrected chi connectivity index (χ0v) is 12.5. The molecular weight excluding hydrogens is 311 g/mol. The molecular formula is C16H10Cl2O3. The first kappa shape index (κ1) is 14.0. The zero-order chi connectivity index (χ0) is 15.0. The second-order valence-electron chi connectivity index (χ2n) is 4.48. The lowest BCUT2D eigenvalue weighted by atomic mass is 10.1. The van der Waals surface area contributed by atoms with E-state index in [9.17, 15) is 4.79 Å². The highest BCUT2D eigenvalue weighted by molar-refractivity contribution is 6.36. The molecule has 1 aromatic heterocycles. The van der Waals surface area contributed by atoms with Gasteiger partial charge in [-0.3, -0.25) is 0 Å². The Kier molecular flexibility index (Phi) is 3.62. The average molecular weight is 321 g/mol. The lowest BCUT2D eigenvalue weighted by molar-refractivity contribution is 0.414. The van der Waals surface area contributed by atoms with Crippen LogP contribution >= 0.6 is 23.2 Å². The van der Waals surface area contributed by atoms with Crippen molar-refractivity contribution in [3.8, 4) is 16.9 Å². The Balaban J connectivity index is 2.24. The van der Waals surface area contributed by atoms with E-state index in [0.717, 1.165) is 5.39 Å². The van der Waals surface area contributed by atoms with E-state index in [-0.39, 0.29) is 0 Å². The van der Waals surface area contributed by atoms with Crippen LogP contribution < -0.4 is 10.4 Å². The first-order valence-corrected chi connectivity index (χ1v) is 6.91. The second kappa shape index (κ2) is 5.43. The summed E-state index contributed by atoms with van der Waals surface area (Å²) in [4.78, 5) is 12.2. The molecule has 0 N–H and O–H groups in total. The van der Waals surface area contributed by atoms with Gasteiger partial charge in [-0.2, -0.15) is 0 Å². The number of hydrogen-bond donors (Lipinski definition) is 0. The van der Waals surface area contributed by atoms with E-state index in [1.54, 1.807) is 43.5 Å². The summed E-state index contributed by atoms with van der Waals surface area (Å²) in [5, 5.41) is 1.71. The summed E-state index contributed by atoms with van der Waals surface area (Å²) < 4.78 is 10.5. The van der Waals surface area contributed by atoms with Crippen molar-refractivity contribution in [3.63, 3.8) is 0 Å². The molecule has 0 amide bonds. The average Bonchev–Trinajstić information content (AvgIpc) is 2.46. The van der Waals surface area contributed by atoms with Gasteiger partial charge in [0.25, 0.3) is 0 Å². The standard InChI is InChI=1S/C16H10Cl2O3/c1-20-11-4-2-9-6-13(16(19)21-15(9)8-11)12-5-3-10(17)7-14(12)18/h2-8H,1H3. The molecule has 0 saturated heterocycles. The third-order valence-electron chi connectivity index (χ3n) is 3.16. The summed E-state index contributed by atoms with van der Waals surface area (Å²) in [6.07, 6.45) is 0. The monoisotopic (exact) mass is 320 g/mol. The van der Waals surface area contributed by atoms with E-state index >= 15 is 0 Å². The van der Waals surface area contributed by atoms with Crippen LogP contribution in [0, 0.1) is 0 Å². The highest BCUT2D eigenvalue weighted by Gasteiger charge is 2.12. The van der Waals surface area contributed by atoms with Gasteiger partial charge in [0, 0.05) is 22.0 Å². The SMILES string of the molecule is COc1ccc2cc(-c3ccc(Cl)cc3Cl)c(=O)oc2c1. The molecule has 1 heterocycles. The molecule has 106 valence electrons. The Morgan fingerprint density at radius 2 is 1.81 bits per heavy atom. The van der Waals surface area contributed by atoms with Crippen molar-refractivity contribution in [2.24, 2.45) is 0 Å². The van der Waals surface area contributed by atoms with Gasteiger partial charge in [-0.05, 0) is 30.3 Å². The molecule has 0 fully saturated rings. The van der Waals surface area contributed by atoms with Crippen molar-refractivity contribution >= 4 is 34.2 Å². The normalized spacial score (nSPS) is 10.8. The van der Waals surface area contributed by atoms with Gasteiger partial charge in [0.15, 0.2) is 0 Å². The number of halogens is 2. The van der Waals surface area contributed by atoms with Crippen molar-refractivity contribution in [3.05, 3.63) is 62.9 Å². The van der Waals surface area contributed by atoms with Crippen molar-refractivity contribution in [1.29, 1.82) is 0 Å². The van der Waals surface area contributed by atoms with Crippen molar-refractivity contribution in [2.75, 3.05) is 7.11 Å². The summed E-state index contributed by atoms with van der Waals surface area (Å²) in [5.41, 5.74) is 0.995. The quantitative estimate of drug-likeness (QED) is 0.638. The van der Waals surface area contributed by atoms with Crippen LogP contribution in [-0.2, 0) is 0 Å². The van der Waals surface area contributed by atoms with Gasteiger partial charge in [-0.25, -0.2) is 4.79 Å². The van der Waals surface area contributed by atoms with Gasteiger partial charge in [-0.1, -0.05) is 29.3 Å². The molecule has 21 heavy (non-hydrogen) atoms. The molecule has 3 aromatic rings. The summed E-state index contributed by atoms with van der Waals surface area (Å²) >= 11 is 12.0. The van der Waals surface area contributed by atoms with E-state index in [1.807, 2.05) is 6.07 Å². The zero-order valence-electron chi connectivity index (χ0n) is 11.0. The smallest absolute Gasteiger partial charge is 0.344 e. The van der Waals surface area contributed by atoms with Crippen LogP contribution in [0.3, 0.4) is 0 Å². The van der Waals surface area contributed by atoms with Crippen molar-refractivity contribution < 1.29 is 9.15 Å². The fourth-order valence-electron chi connectivity index (χ4n) is 2.11. The predicted octanol–water partition coefficient (Wildman–Crippen LogP) is 4.78. The fourth-order valence-corrected chi connectivity index (χ4v) is 2.62. The van der Waals surface area contributed by atoms with E-state index in [2.05, 4.69) is 0 Å². The Labute approximate surface area is 130 Å². The first-order chi connectivity index (χ1) is 10.1. The van der Waals surface area contributed by atoms with Crippen LogP contribution in [0.2, 0.25) is 10.0 Å². The lowest BCUT2D eigenvalue weighted by Gasteiger charge is -2.06. The molecule has 3 nitrogen and oxygen atoms in total. The highest BCUT2D eigenvalue weighted by atomic mass is 35.5. The van der Waals surface area contributed by atoms with Gasteiger partial charge in [-0.15, -0.1) is 0 Å². The predicted molar refractivity (Wildman–Crippen MR) is 84.5 cm³/mol. The first-order valence-electron chi connectivity index (χ1n) is 6.16. The summed E-state index contributed by atoms with van der Waals surface area (Å²) in [7, 11) is 1.56. The van der Waals surface area contributed by atoms with Gasteiger partial charge >= 0.3 is 5.63 Å². The molecule has 0 aliphatic heterocycles. The number of fused-ring (bicyclic) bond motifs is 1. The molecule has 3 rings (SSSR count). The second-order valence-corrected chi connectivity index (χ2v) is 5.32. The minimum Gasteiger partial charge on any atom is -0.497 e. The molecule has 0 atom stereocenters. The molecule has 0 spiro atoms. The van der Waals surface area contributed by atoms with E-state index in [1.165, 1.54) is 0 Å². The number of rotatable bonds is 2.